The van der Waals surface area contributed by atoms with Crippen LogP contribution in [0.2, 0.25) is 0 Å². The summed E-state index contributed by atoms with van der Waals surface area (Å²) in [6.07, 6.45) is 0.559. The molecule has 1 amide bonds. The number of benzene rings is 2. The number of hydrogen-bond acceptors (Lipinski definition) is 5. The summed E-state index contributed by atoms with van der Waals surface area (Å²) in [5.74, 6) is 0.339. The lowest BCUT2D eigenvalue weighted by molar-refractivity contribution is -0.221. The molecular formula is C33H37F3N2O4. The van der Waals surface area contributed by atoms with Crippen molar-refractivity contribution in [2.45, 2.75) is 81.8 Å². The molecule has 6 rings (SSSR count). The molecule has 1 spiro atoms. The minimum absolute atomic E-state index is 0.0156. The zero-order valence-electron chi connectivity index (χ0n) is 24.4. The van der Waals surface area contributed by atoms with Gasteiger partial charge >= 0.3 is 12.1 Å². The van der Waals surface area contributed by atoms with Crippen molar-refractivity contribution < 1.29 is 32.2 Å². The molecule has 2 aromatic rings. The first-order valence-electron chi connectivity index (χ1n) is 14.7. The lowest BCUT2D eigenvalue weighted by Crippen LogP contribution is -2.79. The molecule has 2 heterocycles. The smallest absolute Gasteiger partial charge is 0.416 e. The maximum atomic E-state index is 13.9. The number of piperidine rings is 1. The van der Waals surface area contributed by atoms with Crippen LogP contribution in [0.15, 0.2) is 48.5 Å². The normalized spacial score (nSPS) is 29.8. The zero-order valence-corrected chi connectivity index (χ0v) is 24.4. The van der Waals surface area contributed by atoms with Crippen molar-refractivity contribution in [3.63, 3.8) is 0 Å². The van der Waals surface area contributed by atoms with Crippen LogP contribution in [0.4, 0.5) is 13.2 Å². The third-order valence-corrected chi connectivity index (χ3v) is 9.76. The Kier molecular flexibility index (Phi) is 6.95. The first kappa shape index (κ1) is 28.8. The van der Waals surface area contributed by atoms with E-state index >= 15 is 0 Å². The Balaban J connectivity index is 1.40. The van der Waals surface area contributed by atoms with Crippen LogP contribution in [0.5, 0.6) is 5.75 Å². The first-order valence-corrected chi connectivity index (χ1v) is 14.7. The molecule has 9 heteroatoms. The third-order valence-electron chi connectivity index (χ3n) is 9.76. The van der Waals surface area contributed by atoms with Gasteiger partial charge < -0.3 is 14.4 Å². The molecule has 4 aliphatic rings. The van der Waals surface area contributed by atoms with Gasteiger partial charge in [0, 0.05) is 25.1 Å². The minimum atomic E-state index is -4.47. The molecule has 224 valence electrons. The monoisotopic (exact) mass is 582 g/mol. The van der Waals surface area contributed by atoms with Crippen molar-refractivity contribution in [1.82, 2.24) is 9.80 Å². The largest absolute Gasteiger partial charge is 0.487 e. The van der Waals surface area contributed by atoms with E-state index in [9.17, 15) is 22.8 Å². The van der Waals surface area contributed by atoms with Gasteiger partial charge in [0.1, 0.15) is 17.5 Å². The molecule has 42 heavy (non-hydrogen) atoms. The fourth-order valence-electron chi connectivity index (χ4n) is 8.31. The lowest BCUT2D eigenvalue weighted by atomic mass is 9.48. The van der Waals surface area contributed by atoms with Gasteiger partial charge in [0.2, 0.25) is 5.91 Å². The van der Waals surface area contributed by atoms with E-state index < -0.39 is 28.9 Å². The molecule has 1 saturated heterocycles. The fraction of sp³-hybridized carbons (Fsp3) is 0.515. The summed E-state index contributed by atoms with van der Waals surface area (Å²) in [5, 5.41) is 0. The number of hydrogen-bond donors (Lipinski definition) is 0. The second-order valence-electron chi connectivity index (χ2n) is 12.7. The van der Waals surface area contributed by atoms with E-state index in [4.69, 9.17) is 9.47 Å². The quantitative estimate of drug-likeness (QED) is 0.327. The zero-order chi connectivity index (χ0) is 30.0. The van der Waals surface area contributed by atoms with Crippen molar-refractivity contribution in [2.24, 2.45) is 5.92 Å². The van der Waals surface area contributed by atoms with Crippen LogP contribution in [0, 0.1) is 5.92 Å². The molecule has 5 atom stereocenters. The van der Waals surface area contributed by atoms with E-state index in [0.717, 1.165) is 42.8 Å². The molecule has 0 N–H and O–H groups in total. The molecule has 2 bridgehead atoms. The average Bonchev–Trinajstić information content (AvgIpc) is 3.27. The van der Waals surface area contributed by atoms with Crippen molar-refractivity contribution in [3.8, 4) is 5.75 Å². The summed E-state index contributed by atoms with van der Waals surface area (Å²) >= 11 is 0. The maximum Gasteiger partial charge on any atom is 0.416 e. The highest BCUT2D eigenvalue weighted by atomic mass is 19.4. The number of nitrogens with zero attached hydrogens (tertiary/aromatic N) is 2. The first-order chi connectivity index (χ1) is 19.9. The molecular weight excluding hydrogens is 545 g/mol. The Morgan fingerprint density at radius 1 is 1.19 bits per heavy atom. The molecule has 1 saturated carbocycles. The number of likely N-dealkylation sites (tertiary alicyclic amines) is 1. The van der Waals surface area contributed by atoms with Gasteiger partial charge in [-0.25, -0.2) is 0 Å². The van der Waals surface area contributed by atoms with E-state index in [-0.39, 0.29) is 29.9 Å². The van der Waals surface area contributed by atoms with Gasteiger partial charge in [0.25, 0.3) is 0 Å². The maximum absolute atomic E-state index is 13.9. The topological polar surface area (TPSA) is 59.1 Å². The highest BCUT2D eigenvalue weighted by molar-refractivity contribution is 5.92. The average molecular weight is 583 g/mol. The lowest BCUT2D eigenvalue weighted by Gasteiger charge is -2.65. The Hall–Kier alpha value is -3.33. The van der Waals surface area contributed by atoms with Crippen LogP contribution in [0.1, 0.15) is 62.3 Å². The summed E-state index contributed by atoms with van der Waals surface area (Å²) in [6, 6.07) is 10.7. The van der Waals surface area contributed by atoms with Crippen molar-refractivity contribution in [1.29, 1.82) is 0 Å². The summed E-state index contributed by atoms with van der Waals surface area (Å²) < 4.78 is 53.0. The number of amides is 1. The minimum Gasteiger partial charge on any atom is -0.487 e. The number of ether oxygens (including phenoxy) is 2. The predicted octanol–water partition coefficient (Wildman–Crippen LogP) is 5.63. The molecule has 2 aliphatic carbocycles. The van der Waals surface area contributed by atoms with Crippen LogP contribution in [-0.4, -0.2) is 65.6 Å². The van der Waals surface area contributed by atoms with Crippen LogP contribution in [-0.2, 0) is 32.3 Å². The fourth-order valence-corrected chi connectivity index (χ4v) is 8.31. The van der Waals surface area contributed by atoms with Crippen LogP contribution >= 0.6 is 0 Å². The Labute approximate surface area is 244 Å². The number of alkyl halides is 3. The number of halogens is 3. The molecule has 0 radical (unpaired) electrons. The molecule has 0 aromatic heterocycles. The van der Waals surface area contributed by atoms with Crippen LogP contribution < -0.4 is 4.74 Å². The number of likely N-dealkylation sites (N-methyl/N-ethyl adjacent to an activating group) is 1. The Morgan fingerprint density at radius 3 is 2.67 bits per heavy atom. The molecule has 0 unspecified atom stereocenters. The third kappa shape index (κ3) is 4.34. The number of carbonyl (C=O) groups is 2. The van der Waals surface area contributed by atoms with E-state index in [1.807, 2.05) is 30.9 Å². The van der Waals surface area contributed by atoms with Gasteiger partial charge in [-0.1, -0.05) is 38.1 Å². The van der Waals surface area contributed by atoms with Crippen LogP contribution in [0.3, 0.4) is 0 Å². The molecule has 2 fully saturated rings. The SMILES string of the molecule is CC(=O)O[C@@]12CC[C@H](N(CC(C)C)C(=O)C=Cc3cccc(C(F)(F)F)c3)[C@@H]3Oc4cccc5c4[C@@]31CCN(C)[C@@H]2C5. The van der Waals surface area contributed by atoms with Gasteiger partial charge in [-0.05, 0) is 80.6 Å². The van der Waals surface area contributed by atoms with Gasteiger partial charge in [-0.3, -0.25) is 14.5 Å². The summed E-state index contributed by atoms with van der Waals surface area (Å²) in [4.78, 5) is 30.7. The number of carbonyl (C=O) groups excluding carboxylic acids is 2. The van der Waals surface area contributed by atoms with Gasteiger partial charge in [0.15, 0.2) is 0 Å². The van der Waals surface area contributed by atoms with Crippen molar-refractivity contribution >= 4 is 18.0 Å². The van der Waals surface area contributed by atoms with E-state index in [0.29, 0.717) is 24.9 Å². The molecule has 2 aliphatic heterocycles. The number of esters is 1. The van der Waals surface area contributed by atoms with Crippen molar-refractivity contribution in [3.05, 3.63) is 70.8 Å². The molecule has 6 nitrogen and oxygen atoms in total. The highest BCUT2D eigenvalue weighted by Crippen LogP contribution is 2.65. The second-order valence-corrected chi connectivity index (χ2v) is 12.7. The Bertz CT molecular complexity index is 1440. The van der Waals surface area contributed by atoms with Crippen molar-refractivity contribution in [2.75, 3.05) is 20.1 Å². The Morgan fingerprint density at radius 2 is 1.95 bits per heavy atom. The summed E-state index contributed by atoms with van der Waals surface area (Å²) in [7, 11) is 2.09. The number of rotatable bonds is 6. The van der Waals surface area contributed by atoms with Gasteiger partial charge in [0.05, 0.1) is 23.1 Å². The van der Waals surface area contributed by atoms with E-state index in [2.05, 4.69) is 18.0 Å². The van der Waals surface area contributed by atoms with E-state index in [1.165, 1.54) is 30.7 Å². The van der Waals surface area contributed by atoms with E-state index in [1.54, 1.807) is 6.07 Å². The standard InChI is InChI=1S/C33H37F3N2O4/c1-20(2)19-38(28(40)12-11-22-7-5-9-24(17-22)33(34,35)36)25-13-14-32(42-21(3)39)27-18-23-8-6-10-26-29(23)31(32,30(25)41-26)15-16-37(27)4/h5-12,17,20,25,27,30H,13-16,18-19H2,1-4H3/t25-,27+,30-,31-,32+/m0/s1. The summed E-state index contributed by atoms with van der Waals surface area (Å²) in [6.45, 7) is 6.80. The van der Waals surface area contributed by atoms with Crippen LogP contribution in [0.25, 0.3) is 6.08 Å². The second kappa shape index (κ2) is 10.1. The van der Waals surface area contributed by atoms with Gasteiger partial charge in [-0.2, -0.15) is 13.2 Å². The highest BCUT2D eigenvalue weighted by Gasteiger charge is 2.75. The molecule has 2 aromatic carbocycles. The summed E-state index contributed by atoms with van der Waals surface area (Å²) in [5.41, 5.74) is 0.462. The van der Waals surface area contributed by atoms with Gasteiger partial charge in [-0.15, -0.1) is 0 Å². The predicted molar refractivity (Wildman–Crippen MR) is 152 cm³/mol.